The number of carbonyl (C=O) groups excluding carboxylic acids is 1. The van der Waals surface area contributed by atoms with Gasteiger partial charge in [-0.2, -0.15) is 0 Å². The highest BCUT2D eigenvalue weighted by atomic mass is 16.4. The fourth-order valence-corrected chi connectivity index (χ4v) is 1.70. The van der Waals surface area contributed by atoms with Crippen molar-refractivity contribution in [2.24, 2.45) is 5.92 Å². The minimum Gasteiger partial charge on any atom is -0.480 e. The third-order valence-corrected chi connectivity index (χ3v) is 2.67. The van der Waals surface area contributed by atoms with Crippen molar-refractivity contribution < 1.29 is 14.7 Å². The molecule has 1 aromatic rings. The molecule has 0 saturated heterocycles. The maximum Gasteiger partial charge on any atom is 0.320 e. The largest absolute Gasteiger partial charge is 0.480 e. The lowest BCUT2D eigenvalue weighted by Crippen LogP contribution is -2.37. The van der Waals surface area contributed by atoms with Crippen LogP contribution >= 0.6 is 0 Å². The molecule has 0 fully saturated rings. The quantitative estimate of drug-likeness (QED) is 0.726. The van der Waals surface area contributed by atoms with Crippen molar-refractivity contribution in [2.75, 3.05) is 0 Å². The highest BCUT2D eigenvalue weighted by Gasteiger charge is 2.17. The normalized spacial score (nSPS) is 12.4. The van der Waals surface area contributed by atoms with Crippen LogP contribution in [0.15, 0.2) is 24.3 Å². The van der Waals surface area contributed by atoms with Crippen molar-refractivity contribution in [3.8, 4) is 0 Å². The summed E-state index contributed by atoms with van der Waals surface area (Å²) >= 11 is 0. The molecule has 1 rings (SSSR count). The van der Waals surface area contributed by atoms with Gasteiger partial charge in [-0.25, -0.2) is 0 Å². The summed E-state index contributed by atoms with van der Waals surface area (Å²) in [5.41, 5.74) is 1.59. The summed E-state index contributed by atoms with van der Waals surface area (Å²) in [6, 6.07) is 6.57. The maximum absolute atomic E-state index is 11.0. The predicted molar refractivity (Wildman–Crippen MR) is 69.5 cm³/mol. The second-order valence-electron chi connectivity index (χ2n) is 4.76. The summed E-state index contributed by atoms with van der Waals surface area (Å²) in [5.74, 6) is -0.496. The Kier molecular flexibility index (Phi) is 5.52. The first kappa shape index (κ1) is 14.4. The van der Waals surface area contributed by atoms with E-state index < -0.39 is 12.0 Å². The number of hydrogen-bond donors (Lipinski definition) is 2. The van der Waals surface area contributed by atoms with Crippen LogP contribution in [0, 0.1) is 5.92 Å². The van der Waals surface area contributed by atoms with Gasteiger partial charge in [0.25, 0.3) is 0 Å². The molecular formula is C14H19NO3. The van der Waals surface area contributed by atoms with Gasteiger partial charge in [-0.15, -0.1) is 0 Å². The first-order chi connectivity index (χ1) is 8.52. The van der Waals surface area contributed by atoms with Crippen molar-refractivity contribution in [2.45, 2.75) is 32.9 Å². The molecule has 2 N–H and O–H groups in total. The van der Waals surface area contributed by atoms with E-state index >= 15 is 0 Å². The van der Waals surface area contributed by atoms with Crippen LogP contribution in [0.2, 0.25) is 0 Å². The third kappa shape index (κ3) is 4.67. The fourth-order valence-electron chi connectivity index (χ4n) is 1.70. The highest BCUT2D eigenvalue weighted by molar-refractivity contribution is 5.74. The number of hydrogen-bond acceptors (Lipinski definition) is 3. The van der Waals surface area contributed by atoms with Crippen LogP contribution in [0.1, 0.15) is 36.2 Å². The smallest absolute Gasteiger partial charge is 0.320 e. The molecule has 0 amide bonds. The summed E-state index contributed by atoms with van der Waals surface area (Å²) < 4.78 is 0. The lowest BCUT2D eigenvalue weighted by molar-refractivity contribution is -0.140. The molecule has 18 heavy (non-hydrogen) atoms. The van der Waals surface area contributed by atoms with Gasteiger partial charge in [-0.1, -0.05) is 38.1 Å². The number of nitrogens with one attached hydrogen (secondary N) is 1. The van der Waals surface area contributed by atoms with E-state index in [4.69, 9.17) is 5.11 Å². The summed E-state index contributed by atoms with van der Waals surface area (Å²) in [4.78, 5) is 21.5. The maximum atomic E-state index is 11.0. The standard InChI is InChI=1S/C14H19NO3/c1-10(2)7-13(14(17)18)15-8-11-3-5-12(9-16)6-4-11/h3-6,9-10,13,15H,7-8H2,1-2H3,(H,17,18)/t13-/m0/s1. The second-order valence-corrected chi connectivity index (χ2v) is 4.76. The van der Waals surface area contributed by atoms with Gasteiger partial charge in [-0.05, 0) is 17.9 Å². The zero-order chi connectivity index (χ0) is 13.5. The first-order valence-electron chi connectivity index (χ1n) is 6.03. The topological polar surface area (TPSA) is 66.4 Å². The van der Waals surface area contributed by atoms with E-state index in [-0.39, 0.29) is 0 Å². The SMILES string of the molecule is CC(C)C[C@H](NCc1ccc(C=O)cc1)C(=O)O. The Labute approximate surface area is 107 Å². The molecule has 0 saturated carbocycles. The van der Waals surface area contributed by atoms with Gasteiger partial charge in [0.15, 0.2) is 0 Å². The van der Waals surface area contributed by atoms with Gasteiger partial charge in [0.2, 0.25) is 0 Å². The van der Waals surface area contributed by atoms with E-state index in [1.807, 2.05) is 26.0 Å². The lowest BCUT2D eigenvalue weighted by atomic mass is 10.0. The molecule has 0 aliphatic carbocycles. The molecule has 0 heterocycles. The summed E-state index contributed by atoms with van der Waals surface area (Å²) in [6.45, 7) is 4.48. The van der Waals surface area contributed by atoms with E-state index in [2.05, 4.69) is 5.32 Å². The molecule has 4 heteroatoms. The number of rotatable bonds is 7. The molecule has 4 nitrogen and oxygen atoms in total. The van der Waals surface area contributed by atoms with Crippen LogP contribution in [-0.4, -0.2) is 23.4 Å². The Balaban J connectivity index is 2.55. The zero-order valence-electron chi connectivity index (χ0n) is 10.7. The van der Waals surface area contributed by atoms with Crippen molar-refractivity contribution in [1.29, 1.82) is 0 Å². The van der Waals surface area contributed by atoms with E-state index in [0.29, 0.717) is 24.4 Å². The number of aldehydes is 1. The first-order valence-corrected chi connectivity index (χ1v) is 6.03. The second kappa shape index (κ2) is 6.91. The predicted octanol–water partition coefficient (Wildman–Crippen LogP) is 2.09. The van der Waals surface area contributed by atoms with E-state index in [0.717, 1.165) is 11.8 Å². The van der Waals surface area contributed by atoms with Crippen molar-refractivity contribution in [3.05, 3.63) is 35.4 Å². The van der Waals surface area contributed by atoms with Crippen LogP contribution in [0.25, 0.3) is 0 Å². The molecule has 0 spiro atoms. The number of benzene rings is 1. The van der Waals surface area contributed by atoms with Crippen LogP contribution < -0.4 is 5.32 Å². The lowest BCUT2D eigenvalue weighted by Gasteiger charge is -2.16. The van der Waals surface area contributed by atoms with E-state index in [1.54, 1.807) is 12.1 Å². The van der Waals surface area contributed by atoms with Crippen molar-refractivity contribution in [1.82, 2.24) is 5.32 Å². The molecule has 0 aromatic heterocycles. The summed E-state index contributed by atoms with van der Waals surface area (Å²) in [5, 5.41) is 12.1. The monoisotopic (exact) mass is 249 g/mol. The Bertz CT molecular complexity index is 398. The van der Waals surface area contributed by atoms with E-state index in [1.165, 1.54) is 0 Å². The third-order valence-electron chi connectivity index (χ3n) is 2.67. The van der Waals surface area contributed by atoms with Gasteiger partial charge in [0.05, 0.1) is 0 Å². The molecule has 0 bridgehead atoms. The zero-order valence-corrected chi connectivity index (χ0v) is 10.7. The molecule has 0 aliphatic rings. The van der Waals surface area contributed by atoms with Crippen molar-refractivity contribution >= 4 is 12.3 Å². The van der Waals surface area contributed by atoms with E-state index in [9.17, 15) is 9.59 Å². The Morgan fingerprint density at radius 2 is 1.94 bits per heavy atom. The molecule has 1 atom stereocenters. The Hall–Kier alpha value is -1.68. The minimum atomic E-state index is -0.826. The number of carboxylic acid groups (broad SMARTS) is 1. The van der Waals surface area contributed by atoms with Crippen LogP contribution in [0.4, 0.5) is 0 Å². The van der Waals surface area contributed by atoms with Crippen molar-refractivity contribution in [3.63, 3.8) is 0 Å². The van der Waals surface area contributed by atoms with Crippen LogP contribution in [0.5, 0.6) is 0 Å². The molecule has 0 unspecified atom stereocenters. The average molecular weight is 249 g/mol. The number of carbonyl (C=O) groups is 2. The Morgan fingerprint density at radius 3 is 2.39 bits per heavy atom. The van der Waals surface area contributed by atoms with Gasteiger partial charge in [0, 0.05) is 12.1 Å². The molecule has 98 valence electrons. The molecule has 0 aliphatic heterocycles. The average Bonchev–Trinajstić information content (AvgIpc) is 2.34. The van der Waals surface area contributed by atoms with Gasteiger partial charge >= 0.3 is 5.97 Å². The van der Waals surface area contributed by atoms with Gasteiger partial charge in [0.1, 0.15) is 12.3 Å². The summed E-state index contributed by atoms with van der Waals surface area (Å²) in [6.07, 6.45) is 1.39. The number of carboxylic acids is 1. The van der Waals surface area contributed by atoms with Gasteiger partial charge < -0.3 is 10.4 Å². The molecule has 0 radical (unpaired) electrons. The number of aliphatic carboxylic acids is 1. The molecular weight excluding hydrogens is 230 g/mol. The Morgan fingerprint density at radius 1 is 1.33 bits per heavy atom. The molecule has 1 aromatic carbocycles. The van der Waals surface area contributed by atoms with Gasteiger partial charge in [-0.3, -0.25) is 9.59 Å². The fraction of sp³-hybridized carbons (Fsp3) is 0.429. The minimum absolute atomic E-state index is 0.330. The summed E-state index contributed by atoms with van der Waals surface area (Å²) in [7, 11) is 0. The van der Waals surface area contributed by atoms with Crippen LogP contribution in [-0.2, 0) is 11.3 Å². The van der Waals surface area contributed by atoms with Crippen LogP contribution in [0.3, 0.4) is 0 Å². The highest BCUT2D eigenvalue weighted by Crippen LogP contribution is 2.07.